The highest BCUT2D eigenvalue weighted by atomic mass is 16.5. The first kappa shape index (κ1) is 23.6. The van der Waals surface area contributed by atoms with Gasteiger partial charge in [-0.25, -0.2) is 4.79 Å². The van der Waals surface area contributed by atoms with Gasteiger partial charge in [0.05, 0.1) is 18.8 Å². The van der Waals surface area contributed by atoms with E-state index in [9.17, 15) is 14.7 Å². The highest BCUT2D eigenvalue weighted by Gasteiger charge is 2.29. The molecule has 0 bridgehead atoms. The second-order valence-corrected chi connectivity index (χ2v) is 7.75. The van der Waals surface area contributed by atoms with Crippen molar-refractivity contribution in [2.45, 2.75) is 31.5 Å². The molecule has 3 N–H and O–H groups in total. The Morgan fingerprint density at radius 1 is 1.09 bits per heavy atom. The van der Waals surface area contributed by atoms with Crippen LogP contribution in [0.4, 0.5) is 4.79 Å². The predicted octanol–water partition coefficient (Wildman–Crippen LogP) is 2.18. The average Bonchev–Trinajstić information content (AvgIpc) is 3.00. The van der Waals surface area contributed by atoms with Gasteiger partial charge < -0.3 is 30.1 Å². The molecule has 172 valence electrons. The third kappa shape index (κ3) is 6.96. The van der Waals surface area contributed by atoms with Crippen LogP contribution in [0.3, 0.4) is 0 Å². The Hall–Kier alpha value is -3.10. The molecule has 2 atom stereocenters. The number of amides is 3. The van der Waals surface area contributed by atoms with Crippen molar-refractivity contribution in [2.24, 2.45) is 0 Å². The molecule has 0 aromatic heterocycles. The molecule has 0 spiro atoms. The van der Waals surface area contributed by atoms with Crippen molar-refractivity contribution in [1.29, 1.82) is 0 Å². The minimum atomic E-state index is -0.720. The van der Waals surface area contributed by atoms with Crippen LogP contribution in [0.25, 0.3) is 0 Å². The molecule has 1 heterocycles. The number of hydrogen-bond acceptors (Lipinski definition) is 5. The average molecular weight is 442 g/mol. The highest BCUT2D eigenvalue weighted by molar-refractivity contribution is 5.94. The van der Waals surface area contributed by atoms with Gasteiger partial charge in [0, 0.05) is 32.3 Å². The molecule has 2 aromatic carbocycles. The van der Waals surface area contributed by atoms with E-state index in [0.717, 1.165) is 5.56 Å². The summed E-state index contributed by atoms with van der Waals surface area (Å²) < 4.78 is 10.5. The summed E-state index contributed by atoms with van der Waals surface area (Å²) in [5.74, 6) is 0.346. The van der Waals surface area contributed by atoms with Gasteiger partial charge in [-0.1, -0.05) is 30.3 Å². The molecule has 1 aliphatic heterocycles. The number of likely N-dealkylation sites (tertiary alicyclic amines) is 1. The predicted molar refractivity (Wildman–Crippen MR) is 121 cm³/mol. The molecule has 8 heteroatoms. The standard InChI is InChI=1S/C24H31N3O5/c1-31-14-15-32-20-11-9-19(10-12-20)23(29)26-21-17-27(13-5-8-22(21)28)24(30)25-16-18-6-3-2-4-7-18/h2-4,6-7,9-12,21-22,28H,5,8,13-17H2,1H3,(H,25,30)(H,26,29)/t21-,22+/m0/s1. The van der Waals surface area contributed by atoms with Crippen molar-refractivity contribution >= 4 is 11.9 Å². The Morgan fingerprint density at radius 2 is 1.84 bits per heavy atom. The molecule has 3 amide bonds. The smallest absolute Gasteiger partial charge is 0.317 e. The topological polar surface area (TPSA) is 100 Å². The first-order chi connectivity index (χ1) is 15.6. The molecule has 8 nitrogen and oxygen atoms in total. The molecular weight excluding hydrogens is 410 g/mol. The summed E-state index contributed by atoms with van der Waals surface area (Å²) in [7, 11) is 1.60. The molecule has 1 aliphatic rings. The number of urea groups is 1. The maximum atomic E-state index is 12.7. The molecule has 1 saturated heterocycles. The maximum Gasteiger partial charge on any atom is 0.317 e. The van der Waals surface area contributed by atoms with Crippen molar-refractivity contribution in [3.63, 3.8) is 0 Å². The quantitative estimate of drug-likeness (QED) is 0.545. The van der Waals surface area contributed by atoms with Crippen molar-refractivity contribution < 1.29 is 24.2 Å². The minimum absolute atomic E-state index is 0.209. The van der Waals surface area contributed by atoms with E-state index >= 15 is 0 Å². The molecule has 32 heavy (non-hydrogen) atoms. The number of aliphatic hydroxyl groups excluding tert-OH is 1. The van der Waals surface area contributed by atoms with E-state index in [1.54, 1.807) is 36.3 Å². The third-order valence-electron chi connectivity index (χ3n) is 5.37. The lowest BCUT2D eigenvalue weighted by molar-refractivity contribution is 0.0809. The van der Waals surface area contributed by atoms with Gasteiger partial charge in [0.2, 0.25) is 0 Å². The largest absolute Gasteiger partial charge is 0.491 e. The van der Waals surface area contributed by atoms with Crippen LogP contribution in [0.2, 0.25) is 0 Å². The molecule has 0 aliphatic carbocycles. The molecule has 2 aromatic rings. The normalized spacial score (nSPS) is 18.5. The van der Waals surface area contributed by atoms with Crippen molar-refractivity contribution in [1.82, 2.24) is 15.5 Å². The van der Waals surface area contributed by atoms with E-state index in [1.165, 1.54) is 0 Å². The summed E-state index contributed by atoms with van der Waals surface area (Å²) in [5, 5.41) is 16.3. The number of rotatable bonds is 8. The fourth-order valence-corrected chi connectivity index (χ4v) is 3.55. The second-order valence-electron chi connectivity index (χ2n) is 7.75. The number of carbonyl (C=O) groups is 2. The van der Waals surface area contributed by atoms with Crippen LogP contribution in [0.5, 0.6) is 5.75 Å². The number of nitrogens with one attached hydrogen (secondary N) is 2. The van der Waals surface area contributed by atoms with Crippen LogP contribution in [-0.2, 0) is 11.3 Å². The second kappa shape index (κ2) is 12.1. The van der Waals surface area contributed by atoms with Gasteiger partial charge in [-0.05, 0) is 42.7 Å². The van der Waals surface area contributed by atoms with Crippen LogP contribution < -0.4 is 15.4 Å². The van der Waals surface area contributed by atoms with Crippen LogP contribution in [0.1, 0.15) is 28.8 Å². The SMILES string of the molecule is COCCOc1ccc(C(=O)N[C@H]2CN(C(=O)NCc3ccccc3)CCC[C@H]2O)cc1. The van der Waals surface area contributed by atoms with Gasteiger partial charge in [-0.2, -0.15) is 0 Å². The Labute approximate surface area is 188 Å². The first-order valence-electron chi connectivity index (χ1n) is 10.8. The molecule has 0 saturated carbocycles. The van der Waals surface area contributed by atoms with E-state index in [0.29, 0.717) is 50.5 Å². The first-order valence-corrected chi connectivity index (χ1v) is 10.8. The number of nitrogens with zero attached hydrogens (tertiary/aromatic N) is 1. The maximum absolute atomic E-state index is 12.7. The van der Waals surface area contributed by atoms with Crippen LogP contribution in [0, 0.1) is 0 Å². The Balaban J connectivity index is 1.55. The number of aliphatic hydroxyl groups is 1. The summed E-state index contributed by atoms with van der Waals surface area (Å²) in [6.45, 7) is 2.10. The summed E-state index contributed by atoms with van der Waals surface area (Å²) >= 11 is 0. The lowest BCUT2D eigenvalue weighted by atomic mass is 10.1. The van der Waals surface area contributed by atoms with Gasteiger partial charge in [-0.15, -0.1) is 0 Å². The van der Waals surface area contributed by atoms with Crippen molar-refractivity contribution in [2.75, 3.05) is 33.4 Å². The monoisotopic (exact) mass is 441 g/mol. The van der Waals surface area contributed by atoms with E-state index in [2.05, 4.69) is 10.6 Å². The summed E-state index contributed by atoms with van der Waals surface area (Å²) in [4.78, 5) is 27.1. The summed E-state index contributed by atoms with van der Waals surface area (Å²) in [6.07, 6.45) is 0.460. The molecule has 3 rings (SSSR count). The number of methoxy groups -OCH3 is 1. The van der Waals surface area contributed by atoms with E-state index in [1.807, 2.05) is 30.3 Å². The fraction of sp³-hybridized carbons (Fsp3) is 0.417. The van der Waals surface area contributed by atoms with Crippen LogP contribution >= 0.6 is 0 Å². The Bertz CT molecular complexity index is 860. The van der Waals surface area contributed by atoms with E-state index in [-0.39, 0.29) is 18.5 Å². The van der Waals surface area contributed by atoms with Crippen molar-refractivity contribution in [3.8, 4) is 5.75 Å². The zero-order valence-electron chi connectivity index (χ0n) is 18.3. The number of benzene rings is 2. The molecule has 0 unspecified atom stereocenters. The van der Waals surface area contributed by atoms with E-state index < -0.39 is 12.1 Å². The fourth-order valence-electron chi connectivity index (χ4n) is 3.55. The van der Waals surface area contributed by atoms with Gasteiger partial charge in [0.15, 0.2) is 0 Å². The van der Waals surface area contributed by atoms with Crippen LogP contribution in [-0.4, -0.2) is 67.5 Å². The minimum Gasteiger partial charge on any atom is -0.491 e. The van der Waals surface area contributed by atoms with Gasteiger partial charge in [0.25, 0.3) is 5.91 Å². The highest BCUT2D eigenvalue weighted by Crippen LogP contribution is 2.15. The van der Waals surface area contributed by atoms with Crippen molar-refractivity contribution in [3.05, 3.63) is 65.7 Å². The Morgan fingerprint density at radius 3 is 2.56 bits per heavy atom. The van der Waals surface area contributed by atoms with Gasteiger partial charge in [-0.3, -0.25) is 4.79 Å². The molecule has 0 radical (unpaired) electrons. The lowest BCUT2D eigenvalue weighted by Gasteiger charge is -2.27. The summed E-state index contributed by atoms with van der Waals surface area (Å²) in [6, 6.07) is 15.7. The number of ether oxygens (including phenoxy) is 2. The Kier molecular flexibility index (Phi) is 8.89. The zero-order chi connectivity index (χ0) is 22.8. The third-order valence-corrected chi connectivity index (χ3v) is 5.37. The number of hydrogen-bond donors (Lipinski definition) is 3. The lowest BCUT2D eigenvalue weighted by Crippen LogP contribution is -2.51. The molecule has 1 fully saturated rings. The zero-order valence-corrected chi connectivity index (χ0v) is 18.3. The molecular formula is C24H31N3O5. The van der Waals surface area contributed by atoms with Crippen LogP contribution in [0.15, 0.2) is 54.6 Å². The van der Waals surface area contributed by atoms with Gasteiger partial charge >= 0.3 is 6.03 Å². The van der Waals surface area contributed by atoms with Gasteiger partial charge in [0.1, 0.15) is 12.4 Å². The summed E-state index contributed by atoms with van der Waals surface area (Å²) in [5.41, 5.74) is 1.47. The van der Waals surface area contributed by atoms with E-state index in [4.69, 9.17) is 9.47 Å². The number of carbonyl (C=O) groups excluding carboxylic acids is 2.